The van der Waals surface area contributed by atoms with Gasteiger partial charge >= 0.3 is 0 Å². The number of carbonyl (C=O) groups is 2. The number of nitrogens with one attached hydrogen (secondary N) is 1. The number of para-hydroxylation sites is 1. The molecule has 0 saturated carbocycles. The van der Waals surface area contributed by atoms with Crippen molar-refractivity contribution in [2.45, 2.75) is 59.5 Å². The van der Waals surface area contributed by atoms with E-state index in [1.165, 1.54) is 10.6 Å². The summed E-state index contributed by atoms with van der Waals surface area (Å²) in [6.07, 6.45) is 2.46. The van der Waals surface area contributed by atoms with Crippen molar-refractivity contribution in [3.8, 4) is 0 Å². The fourth-order valence-corrected chi connectivity index (χ4v) is 4.72. The van der Waals surface area contributed by atoms with E-state index in [0.29, 0.717) is 25.2 Å². The van der Waals surface area contributed by atoms with Crippen LogP contribution in [0.25, 0.3) is 0 Å². The zero-order chi connectivity index (χ0) is 25.3. The van der Waals surface area contributed by atoms with Gasteiger partial charge in [-0.05, 0) is 50.8 Å². The Balaban J connectivity index is 2.15. The number of hydrogen-bond donors (Lipinski definition) is 1. The normalized spacial score (nSPS) is 12.1. The Kier molecular flexibility index (Phi) is 10.1. The summed E-state index contributed by atoms with van der Waals surface area (Å²) in [5, 5.41) is 2.86. The Morgan fingerprint density at radius 2 is 1.68 bits per heavy atom. The minimum atomic E-state index is -3.51. The van der Waals surface area contributed by atoms with Crippen LogP contribution in [0.2, 0.25) is 0 Å². The minimum Gasteiger partial charge on any atom is -0.354 e. The Bertz CT molecular complexity index is 1070. The number of carbonyl (C=O) groups excluding carboxylic acids is 2. The minimum absolute atomic E-state index is 0.134. The van der Waals surface area contributed by atoms with Crippen LogP contribution in [-0.2, 0) is 26.2 Å². The molecule has 0 aliphatic carbocycles. The Morgan fingerprint density at radius 1 is 1.03 bits per heavy atom. The van der Waals surface area contributed by atoms with E-state index in [-0.39, 0.29) is 24.8 Å². The van der Waals surface area contributed by atoms with Crippen LogP contribution in [0.3, 0.4) is 0 Å². The first-order chi connectivity index (χ1) is 16.0. The van der Waals surface area contributed by atoms with Gasteiger partial charge in [0, 0.05) is 26.1 Å². The maximum atomic E-state index is 13.2. The van der Waals surface area contributed by atoms with Crippen molar-refractivity contribution in [1.29, 1.82) is 0 Å². The van der Waals surface area contributed by atoms with E-state index in [2.05, 4.69) is 5.32 Å². The fraction of sp³-hybridized carbons (Fsp3) is 0.462. The van der Waals surface area contributed by atoms with Crippen molar-refractivity contribution >= 4 is 27.5 Å². The third-order valence-corrected chi connectivity index (χ3v) is 6.91. The van der Waals surface area contributed by atoms with Gasteiger partial charge in [0.2, 0.25) is 21.8 Å². The fourth-order valence-electron chi connectivity index (χ4n) is 3.69. The average Bonchev–Trinajstić information content (AvgIpc) is 2.79. The van der Waals surface area contributed by atoms with Crippen LogP contribution in [-0.4, -0.2) is 50.5 Å². The second-order valence-electron chi connectivity index (χ2n) is 8.70. The van der Waals surface area contributed by atoms with Crippen molar-refractivity contribution in [3.63, 3.8) is 0 Å². The molecule has 0 spiro atoms. The van der Waals surface area contributed by atoms with Crippen LogP contribution >= 0.6 is 0 Å². The summed E-state index contributed by atoms with van der Waals surface area (Å²) < 4.78 is 26.2. The number of sulfonamides is 1. The smallest absolute Gasteiger partial charge is 0.242 e. The standard InChI is InChI=1S/C26H37N3O4S/c1-6-17-27-26(31)22(4)28(19-23-15-13-20(2)14-16-23)25(30)12-9-18-29(34(5,32)33)24-11-8-7-10-21(24)3/h7-8,10-11,13-16,22H,6,9,12,17-19H2,1-5H3,(H,27,31)/t22-/m0/s1. The molecule has 2 aromatic rings. The number of hydrogen-bond acceptors (Lipinski definition) is 4. The number of benzene rings is 2. The van der Waals surface area contributed by atoms with Gasteiger partial charge in [0.1, 0.15) is 6.04 Å². The summed E-state index contributed by atoms with van der Waals surface area (Å²) >= 11 is 0. The second kappa shape index (κ2) is 12.6. The summed E-state index contributed by atoms with van der Waals surface area (Å²) in [6.45, 7) is 8.61. The van der Waals surface area contributed by atoms with Crippen molar-refractivity contribution in [2.24, 2.45) is 0 Å². The summed E-state index contributed by atoms with van der Waals surface area (Å²) in [4.78, 5) is 27.5. The molecule has 0 bridgehead atoms. The number of anilines is 1. The lowest BCUT2D eigenvalue weighted by Gasteiger charge is -2.29. The van der Waals surface area contributed by atoms with Crippen LogP contribution in [0.5, 0.6) is 0 Å². The van der Waals surface area contributed by atoms with E-state index in [9.17, 15) is 18.0 Å². The van der Waals surface area contributed by atoms with Gasteiger partial charge in [-0.1, -0.05) is 55.0 Å². The van der Waals surface area contributed by atoms with Gasteiger partial charge in [0.05, 0.1) is 11.9 Å². The lowest BCUT2D eigenvalue weighted by Crippen LogP contribution is -2.47. The molecule has 8 heteroatoms. The van der Waals surface area contributed by atoms with E-state index in [0.717, 1.165) is 23.1 Å². The van der Waals surface area contributed by atoms with Crippen LogP contribution in [0.1, 0.15) is 49.8 Å². The number of rotatable bonds is 12. The van der Waals surface area contributed by atoms with Gasteiger partial charge in [-0.25, -0.2) is 8.42 Å². The lowest BCUT2D eigenvalue weighted by atomic mass is 10.1. The molecule has 2 amide bonds. The molecular weight excluding hydrogens is 450 g/mol. The van der Waals surface area contributed by atoms with E-state index < -0.39 is 16.1 Å². The summed E-state index contributed by atoms with van der Waals surface area (Å²) in [5.41, 5.74) is 3.52. The monoisotopic (exact) mass is 487 g/mol. The molecule has 0 aliphatic heterocycles. The third kappa shape index (κ3) is 7.87. The highest BCUT2D eigenvalue weighted by Crippen LogP contribution is 2.23. The first kappa shape index (κ1) is 27.4. The molecule has 0 heterocycles. The van der Waals surface area contributed by atoms with Crippen molar-refractivity contribution in [2.75, 3.05) is 23.7 Å². The summed E-state index contributed by atoms with van der Waals surface area (Å²) in [7, 11) is -3.51. The van der Waals surface area contributed by atoms with Crippen molar-refractivity contribution in [3.05, 3.63) is 65.2 Å². The first-order valence-corrected chi connectivity index (χ1v) is 13.6. The zero-order valence-corrected chi connectivity index (χ0v) is 21.7. The van der Waals surface area contributed by atoms with Gasteiger partial charge in [0.15, 0.2) is 0 Å². The molecule has 0 aromatic heterocycles. The average molecular weight is 488 g/mol. The molecule has 1 N–H and O–H groups in total. The van der Waals surface area contributed by atoms with Gasteiger partial charge < -0.3 is 10.2 Å². The predicted molar refractivity (Wildman–Crippen MR) is 137 cm³/mol. The number of nitrogens with zero attached hydrogens (tertiary/aromatic N) is 2. The molecule has 186 valence electrons. The molecule has 0 saturated heterocycles. The van der Waals surface area contributed by atoms with Gasteiger partial charge in [-0.3, -0.25) is 13.9 Å². The topological polar surface area (TPSA) is 86.8 Å². The van der Waals surface area contributed by atoms with E-state index >= 15 is 0 Å². The van der Waals surface area contributed by atoms with Crippen molar-refractivity contribution < 1.29 is 18.0 Å². The van der Waals surface area contributed by atoms with Crippen LogP contribution in [0.4, 0.5) is 5.69 Å². The zero-order valence-electron chi connectivity index (χ0n) is 20.9. The molecule has 0 radical (unpaired) electrons. The molecule has 34 heavy (non-hydrogen) atoms. The Labute approximate surface area is 204 Å². The van der Waals surface area contributed by atoms with E-state index in [1.807, 2.05) is 57.2 Å². The van der Waals surface area contributed by atoms with Gasteiger partial charge in [-0.15, -0.1) is 0 Å². The molecule has 0 aliphatic rings. The second-order valence-corrected chi connectivity index (χ2v) is 10.6. The highest BCUT2D eigenvalue weighted by atomic mass is 32.2. The molecule has 7 nitrogen and oxygen atoms in total. The molecule has 2 aromatic carbocycles. The van der Waals surface area contributed by atoms with Crippen LogP contribution < -0.4 is 9.62 Å². The first-order valence-electron chi connectivity index (χ1n) is 11.7. The quantitative estimate of drug-likeness (QED) is 0.493. The van der Waals surface area contributed by atoms with E-state index in [4.69, 9.17) is 0 Å². The largest absolute Gasteiger partial charge is 0.354 e. The highest BCUT2D eigenvalue weighted by Gasteiger charge is 2.26. The lowest BCUT2D eigenvalue weighted by molar-refractivity contribution is -0.140. The van der Waals surface area contributed by atoms with Gasteiger partial charge in [0.25, 0.3) is 0 Å². The van der Waals surface area contributed by atoms with Crippen LogP contribution in [0, 0.1) is 13.8 Å². The Hall–Kier alpha value is -2.87. The Morgan fingerprint density at radius 3 is 2.26 bits per heavy atom. The molecule has 0 fully saturated rings. The van der Waals surface area contributed by atoms with Crippen molar-refractivity contribution in [1.82, 2.24) is 10.2 Å². The van der Waals surface area contributed by atoms with Gasteiger partial charge in [-0.2, -0.15) is 0 Å². The third-order valence-electron chi connectivity index (χ3n) is 5.73. The van der Waals surface area contributed by atoms with Crippen LogP contribution in [0.15, 0.2) is 48.5 Å². The number of aryl methyl sites for hydroxylation is 2. The maximum absolute atomic E-state index is 13.2. The number of amides is 2. The predicted octanol–water partition coefficient (Wildman–Crippen LogP) is 3.79. The maximum Gasteiger partial charge on any atom is 0.242 e. The molecule has 0 unspecified atom stereocenters. The van der Waals surface area contributed by atoms with E-state index in [1.54, 1.807) is 24.0 Å². The SMILES string of the molecule is CCCNC(=O)[C@H](C)N(Cc1ccc(C)cc1)C(=O)CCCN(c1ccccc1C)S(C)(=O)=O. The highest BCUT2D eigenvalue weighted by molar-refractivity contribution is 7.92. The molecular formula is C26H37N3O4S. The summed E-state index contributed by atoms with van der Waals surface area (Å²) in [6, 6.07) is 14.5. The molecule has 2 rings (SSSR count). The summed E-state index contributed by atoms with van der Waals surface area (Å²) in [5.74, 6) is -0.377. The molecule has 1 atom stereocenters.